The van der Waals surface area contributed by atoms with E-state index in [1.165, 1.54) is 11.1 Å². The Morgan fingerprint density at radius 1 is 1.40 bits per heavy atom. The van der Waals surface area contributed by atoms with Crippen molar-refractivity contribution in [3.63, 3.8) is 0 Å². The summed E-state index contributed by atoms with van der Waals surface area (Å²) in [7, 11) is 1.70. The van der Waals surface area contributed by atoms with E-state index in [0.717, 1.165) is 25.0 Å². The van der Waals surface area contributed by atoms with Crippen molar-refractivity contribution in [1.82, 2.24) is 0 Å². The minimum absolute atomic E-state index is 0.326. The van der Waals surface area contributed by atoms with E-state index < -0.39 is 0 Å². The van der Waals surface area contributed by atoms with E-state index in [1.54, 1.807) is 7.11 Å². The van der Waals surface area contributed by atoms with Gasteiger partial charge in [-0.15, -0.1) is 0 Å². The number of hydrogen-bond acceptors (Lipinski definition) is 2. The third-order valence-corrected chi connectivity index (χ3v) is 2.79. The first-order valence-electron chi connectivity index (χ1n) is 5.56. The topological polar surface area (TPSA) is 35.2 Å². The third kappa shape index (κ3) is 3.56. The van der Waals surface area contributed by atoms with Crippen molar-refractivity contribution in [2.45, 2.75) is 39.2 Å². The van der Waals surface area contributed by atoms with Gasteiger partial charge in [-0.05, 0) is 43.4 Å². The lowest BCUT2D eigenvalue weighted by molar-refractivity contribution is 0.411. The van der Waals surface area contributed by atoms with E-state index >= 15 is 0 Å². The van der Waals surface area contributed by atoms with Crippen molar-refractivity contribution in [2.24, 2.45) is 5.73 Å². The number of nitrogens with two attached hydrogens (primary N) is 1. The van der Waals surface area contributed by atoms with Crippen LogP contribution in [-0.2, 0) is 6.42 Å². The molecule has 0 fully saturated rings. The second kappa shape index (κ2) is 5.76. The van der Waals surface area contributed by atoms with Crippen molar-refractivity contribution >= 4 is 0 Å². The van der Waals surface area contributed by atoms with Crippen molar-refractivity contribution in [3.05, 3.63) is 29.3 Å². The van der Waals surface area contributed by atoms with Gasteiger partial charge in [0.05, 0.1) is 7.11 Å². The van der Waals surface area contributed by atoms with E-state index in [2.05, 4.69) is 26.0 Å². The second-order valence-corrected chi connectivity index (χ2v) is 4.01. The third-order valence-electron chi connectivity index (χ3n) is 2.79. The summed E-state index contributed by atoms with van der Waals surface area (Å²) in [6.07, 6.45) is 3.16. The minimum Gasteiger partial charge on any atom is -0.496 e. The highest BCUT2D eigenvalue weighted by Gasteiger charge is 2.02. The zero-order chi connectivity index (χ0) is 11.3. The summed E-state index contributed by atoms with van der Waals surface area (Å²) in [5.74, 6) is 0.957. The number of hydrogen-bond donors (Lipinski definition) is 1. The molecule has 1 aromatic carbocycles. The van der Waals surface area contributed by atoms with Crippen molar-refractivity contribution in [2.75, 3.05) is 7.11 Å². The molecule has 2 heteroatoms. The monoisotopic (exact) mass is 207 g/mol. The van der Waals surface area contributed by atoms with Gasteiger partial charge < -0.3 is 10.5 Å². The predicted octanol–water partition coefficient (Wildman–Crippen LogP) is 2.67. The van der Waals surface area contributed by atoms with Crippen LogP contribution in [0.1, 0.15) is 30.9 Å². The van der Waals surface area contributed by atoms with E-state index in [-0.39, 0.29) is 0 Å². The average Bonchev–Trinajstić information content (AvgIpc) is 2.26. The molecule has 0 heterocycles. The van der Waals surface area contributed by atoms with E-state index in [4.69, 9.17) is 10.5 Å². The first kappa shape index (κ1) is 12.1. The van der Waals surface area contributed by atoms with Gasteiger partial charge in [0, 0.05) is 6.04 Å². The van der Waals surface area contributed by atoms with E-state index in [1.807, 2.05) is 6.07 Å². The normalized spacial score (nSPS) is 12.5. The molecule has 0 spiro atoms. The first-order chi connectivity index (χ1) is 7.17. The van der Waals surface area contributed by atoms with Gasteiger partial charge in [0.1, 0.15) is 5.75 Å². The summed E-state index contributed by atoms with van der Waals surface area (Å²) in [6, 6.07) is 6.66. The van der Waals surface area contributed by atoms with Crippen LogP contribution in [0.3, 0.4) is 0 Å². The molecule has 0 aromatic heterocycles. The van der Waals surface area contributed by atoms with Crippen molar-refractivity contribution in [3.8, 4) is 5.75 Å². The molecule has 0 saturated carbocycles. The molecule has 1 unspecified atom stereocenters. The Morgan fingerprint density at radius 3 is 2.67 bits per heavy atom. The molecule has 2 nitrogen and oxygen atoms in total. The summed E-state index contributed by atoms with van der Waals surface area (Å²) in [6.45, 7) is 4.20. The summed E-state index contributed by atoms with van der Waals surface area (Å²) < 4.78 is 5.22. The largest absolute Gasteiger partial charge is 0.496 e. The Hall–Kier alpha value is -1.02. The molecule has 0 amide bonds. The lowest BCUT2D eigenvalue weighted by atomic mass is 10.0. The van der Waals surface area contributed by atoms with Gasteiger partial charge in [-0.25, -0.2) is 0 Å². The van der Waals surface area contributed by atoms with Crippen molar-refractivity contribution < 1.29 is 4.74 Å². The standard InChI is InChI=1S/C13H21NO/c1-4-12(14)7-5-11-6-8-13(15-3)10(2)9-11/h6,8-9,12H,4-5,7,14H2,1-3H3. The Kier molecular flexibility index (Phi) is 4.63. The molecule has 0 aliphatic rings. The molecule has 1 aromatic rings. The SMILES string of the molecule is CCC(N)CCc1ccc(OC)c(C)c1. The fourth-order valence-electron chi connectivity index (χ4n) is 1.65. The molecule has 0 bridgehead atoms. The van der Waals surface area contributed by atoms with Gasteiger partial charge in [-0.1, -0.05) is 19.1 Å². The average molecular weight is 207 g/mol. The smallest absolute Gasteiger partial charge is 0.121 e. The van der Waals surface area contributed by atoms with E-state index in [0.29, 0.717) is 6.04 Å². The maximum Gasteiger partial charge on any atom is 0.121 e. The molecule has 0 aliphatic carbocycles. The lowest BCUT2D eigenvalue weighted by Gasteiger charge is -2.10. The van der Waals surface area contributed by atoms with Crippen LogP contribution < -0.4 is 10.5 Å². The fraction of sp³-hybridized carbons (Fsp3) is 0.538. The Labute approximate surface area is 92.4 Å². The molecule has 15 heavy (non-hydrogen) atoms. The Balaban J connectivity index is 2.59. The number of ether oxygens (including phenoxy) is 1. The molecule has 1 rings (SSSR count). The maximum absolute atomic E-state index is 5.89. The number of methoxy groups -OCH3 is 1. The molecule has 0 radical (unpaired) electrons. The highest BCUT2D eigenvalue weighted by atomic mass is 16.5. The first-order valence-corrected chi connectivity index (χ1v) is 5.56. The van der Waals surface area contributed by atoms with Crippen LogP contribution in [0.2, 0.25) is 0 Å². The van der Waals surface area contributed by atoms with Crippen LogP contribution in [0.25, 0.3) is 0 Å². The Bertz CT molecular complexity index is 309. The van der Waals surface area contributed by atoms with Gasteiger partial charge in [0.2, 0.25) is 0 Å². The van der Waals surface area contributed by atoms with Gasteiger partial charge in [0.15, 0.2) is 0 Å². The van der Waals surface area contributed by atoms with E-state index in [9.17, 15) is 0 Å². The number of rotatable bonds is 5. The highest BCUT2D eigenvalue weighted by Crippen LogP contribution is 2.19. The molecular weight excluding hydrogens is 186 g/mol. The minimum atomic E-state index is 0.326. The summed E-state index contributed by atoms with van der Waals surface area (Å²) in [5, 5.41) is 0. The van der Waals surface area contributed by atoms with Crippen LogP contribution in [0.15, 0.2) is 18.2 Å². The van der Waals surface area contributed by atoms with Gasteiger partial charge in [-0.3, -0.25) is 0 Å². The maximum atomic E-state index is 5.89. The fourth-order valence-corrected chi connectivity index (χ4v) is 1.65. The Morgan fingerprint density at radius 2 is 2.13 bits per heavy atom. The van der Waals surface area contributed by atoms with Crippen LogP contribution in [0.4, 0.5) is 0 Å². The highest BCUT2D eigenvalue weighted by molar-refractivity contribution is 5.36. The zero-order valence-corrected chi connectivity index (χ0v) is 9.92. The molecule has 2 N–H and O–H groups in total. The molecule has 1 atom stereocenters. The van der Waals surface area contributed by atoms with Gasteiger partial charge in [-0.2, -0.15) is 0 Å². The summed E-state index contributed by atoms with van der Waals surface area (Å²) >= 11 is 0. The predicted molar refractivity (Wildman–Crippen MR) is 64.3 cm³/mol. The van der Waals surface area contributed by atoms with Gasteiger partial charge in [0.25, 0.3) is 0 Å². The van der Waals surface area contributed by atoms with Crippen LogP contribution in [0, 0.1) is 6.92 Å². The van der Waals surface area contributed by atoms with Crippen molar-refractivity contribution in [1.29, 1.82) is 0 Å². The van der Waals surface area contributed by atoms with Crippen LogP contribution >= 0.6 is 0 Å². The molecular formula is C13H21NO. The summed E-state index contributed by atoms with van der Waals surface area (Å²) in [5.41, 5.74) is 8.43. The van der Waals surface area contributed by atoms with Crippen LogP contribution in [0.5, 0.6) is 5.75 Å². The number of benzene rings is 1. The molecule has 0 saturated heterocycles. The number of aryl methyl sites for hydroxylation is 2. The molecule has 84 valence electrons. The quantitative estimate of drug-likeness (QED) is 0.805. The molecule has 0 aliphatic heterocycles. The van der Waals surface area contributed by atoms with Crippen LogP contribution in [-0.4, -0.2) is 13.2 Å². The zero-order valence-electron chi connectivity index (χ0n) is 9.92. The second-order valence-electron chi connectivity index (χ2n) is 4.01. The van der Waals surface area contributed by atoms with Gasteiger partial charge >= 0.3 is 0 Å². The lowest BCUT2D eigenvalue weighted by Crippen LogP contribution is -2.19. The summed E-state index contributed by atoms with van der Waals surface area (Å²) in [4.78, 5) is 0.